The van der Waals surface area contributed by atoms with Gasteiger partial charge in [-0.3, -0.25) is 19.9 Å². The Morgan fingerprint density at radius 3 is 2.51 bits per heavy atom. The van der Waals surface area contributed by atoms with Crippen LogP contribution in [0, 0.1) is 6.92 Å². The number of hydrogen-bond donors (Lipinski definition) is 3. The maximum absolute atomic E-state index is 12.7. The third-order valence-corrected chi connectivity index (χ3v) is 7.34. The molecule has 4 heterocycles. The van der Waals surface area contributed by atoms with Crippen LogP contribution in [-0.2, 0) is 11.2 Å². The van der Waals surface area contributed by atoms with Gasteiger partial charge in [-0.1, -0.05) is 48.5 Å². The molecule has 0 aliphatic carbocycles. The maximum atomic E-state index is 12.7. The molecule has 3 N–H and O–H groups in total. The van der Waals surface area contributed by atoms with Crippen molar-refractivity contribution in [2.75, 3.05) is 5.32 Å². The fraction of sp³-hybridized carbons (Fsp3) is 0.0588. The molecular formula is C34H26N6O. The number of carbonyl (C=O) groups excluding carboxylic acids is 1. The zero-order chi connectivity index (χ0) is 27.8. The summed E-state index contributed by atoms with van der Waals surface area (Å²) in [4.78, 5) is 25.0. The van der Waals surface area contributed by atoms with Crippen molar-refractivity contribution in [1.82, 2.24) is 25.1 Å². The molecule has 1 amide bonds. The van der Waals surface area contributed by atoms with E-state index in [4.69, 9.17) is 5.10 Å². The number of aryl methyl sites for hydroxylation is 1. The number of nitrogens with one attached hydrogen (secondary N) is 3. The highest BCUT2D eigenvalue weighted by molar-refractivity contribution is 6.02. The second kappa shape index (κ2) is 10.2. The van der Waals surface area contributed by atoms with E-state index < -0.39 is 0 Å². The summed E-state index contributed by atoms with van der Waals surface area (Å²) in [5.41, 5.74) is 10.6. The highest BCUT2D eigenvalue weighted by Crippen LogP contribution is 2.36. The third-order valence-electron chi connectivity index (χ3n) is 7.34. The smallest absolute Gasteiger partial charge is 0.228 e. The summed E-state index contributed by atoms with van der Waals surface area (Å²) < 4.78 is 0. The number of carbonyl (C=O) groups is 1. The first-order valence-corrected chi connectivity index (χ1v) is 13.4. The van der Waals surface area contributed by atoms with E-state index in [-0.39, 0.29) is 5.91 Å². The summed E-state index contributed by atoms with van der Waals surface area (Å²) in [5.74, 6) is -0.0797. The van der Waals surface area contributed by atoms with Crippen LogP contribution in [0.15, 0.2) is 110 Å². The van der Waals surface area contributed by atoms with Crippen molar-refractivity contribution in [2.24, 2.45) is 0 Å². The molecule has 0 aliphatic rings. The van der Waals surface area contributed by atoms with Gasteiger partial charge in [-0.15, -0.1) is 0 Å². The maximum Gasteiger partial charge on any atom is 0.228 e. The molecule has 198 valence electrons. The minimum Gasteiger partial charge on any atom is -0.353 e. The van der Waals surface area contributed by atoms with Gasteiger partial charge in [-0.05, 0) is 65.6 Å². The number of benzene rings is 3. The van der Waals surface area contributed by atoms with Crippen molar-refractivity contribution in [3.63, 3.8) is 0 Å². The highest BCUT2D eigenvalue weighted by Gasteiger charge is 2.16. The van der Waals surface area contributed by atoms with Crippen molar-refractivity contribution >= 4 is 33.4 Å². The number of hydrogen-bond acceptors (Lipinski definition) is 4. The average molecular weight is 535 g/mol. The van der Waals surface area contributed by atoms with Crippen LogP contribution in [0.5, 0.6) is 0 Å². The fourth-order valence-electron chi connectivity index (χ4n) is 5.39. The number of nitrogens with zero attached hydrogens (tertiary/aromatic N) is 3. The van der Waals surface area contributed by atoms with Gasteiger partial charge >= 0.3 is 0 Å². The number of aromatic amines is 2. The van der Waals surface area contributed by atoms with E-state index >= 15 is 0 Å². The van der Waals surface area contributed by atoms with E-state index in [0.717, 1.165) is 66.6 Å². The zero-order valence-electron chi connectivity index (χ0n) is 22.3. The first-order valence-electron chi connectivity index (χ1n) is 13.4. The first kappa shape index (κ1) is 24.5. The van der Waals surface area contributed by atoms with Crippen LogP contribution in [0.4, 0.5) is 5.69 Å². The number of fused-ring (bicyclic) bond motifs is 2. The van der Waals surface area contributed by atoms with Crippen molar-refractivity contribution in [2.45, 2.75) is 13.3 Å². The van der Waals surface area contributed by atoms with Crippen LogP contribution in [0.1, 0.15) is 11.1 Å². The summed E-state index contributed by atoms with van der Waals surface area (Å²) in [7, 11) is 0. The van der Waals surface area contributed by atoms with Crippen LogP contribution < -0.4 is 5.32 Å². The lowest BCUT2D eigenvalue weighted by molar-refractivity contribution is -0.115. The Morgan fingerprint density at radius 1 is 0.780 bits per heavy atom. The quantitative estimate of drug-likeness (QED) is 0.208. The molecule has 7 heteroatoms. The lowest BCUT2D eigenvalue weighted by Crippen LogP contribution is -2.14. The summed E-state index contributed by atoms with van der Waals surface area (Å²) in [6.45, 7) is 2.07. The molecule has 4 aromatic heterocycles. The molecule has 0 radical (unpaired) electrons. The van der Waals surface area contributed by atoms with Gasteiger partial charge in [0.1, 0.15) is 5.69 Å². The van der Waals surface area contributed by atoms with Gasteiger partial charge in [0, 0.05) is 46.0 Å². The molecule has 0 aliphatic heterocycles. The van der Waals surface area contributed by atoms with Gasteiger partial charge in [0.25, 0.3) is 0 Å². The molecule has 7 nitrogen and oxygen atoms in total. The highest BCUT2D eigenvalue weighted by atomic mass is 16.1. The topological polar surface area (TPSA) is 99.3 Å². The van der Waals surface area contributed by atoms with Gasteiger partial charge in [0.05, 0.1) is 29.5 Å². The monoisotopic (exact) mass is 534 g/mol. The largest absolute Gasteiger partial charge is 0.353 e. The number of aromatic nitrogens is 5. The van der Waals surface area contributed by atoms with Crippen molar-refractivity contribution in [3.8, 4) is 33.6 Å². The second-order valence-corrected chi connectivity index (χ2v) is 10.1. The van der Waals surface area contributed by atoms with Crippen LogP contribution in [0.2, 0.25) is 0 Å². The third kappa shape index (κ3) is 4.74. The molecule has 7 aromatic rings. The predicted octanol–water partition coefficient (Wildman–Crippen LogP) is 7.32. The van der Waals surface area contributed by atoms with Crippen LogP contribution in [-0.4, -0.2) is 31.1 Å². The minimum absolute atomic E-state index is 0.0797. The lowest BCUT2D eigenvalue weighted by atomic mass is 9.98. The predicted molar refractivity (Wildman–Crippen MR) is 163 cm³/mol. The first-order chi connectivity index (χ1) is 20.1. The molecule has 0 saturated heterocycles. The molecule has 0 bridgehead atoms. The molecule has 0 spiro atoms. The molecule has 41 heavy (non-hydrogen) atoms. The molecule has 0 saturated carbocycles. The number of amides is 1. The second-order valence-electron chi connectivity index (χ2n) is 10.1. The Balaban J connectivity index is 1.24. The Morgan fingerprint density at radius 2 is 1.66 bits per heavy atom. The number of pyridine rings is 2. The molecular weight excluding hydrogens is 508 g/mol. The SMILES string of the molecule is Cc1cc2[nH]nc(-c3cc4c(-c5cccnc5)cccc4[nH]3)c2cc1-c1cncc(NC(=O)Cc2ccccc2)c1. The van der Waals surface area contributed by atoms with Crippen LogP contribution in [0.3, 0.4) is 0 Å². The van der Waals surface area contributed by atoms with E-state index in [1.807, 2.05) is 60.9 Å². The average Bonchev–Trinajstić information content (AvgIpc) is 3.61. The molecule has 0 atom stereocenters. The Kier molecular flexibility index (Phi) is 6.09. The molecule has 0 fully saturated rings. The van der Waals surface area contributed by atoms with Gasteiger partial charge in [0.2, 0.25) is 5.91 Å². The lowest BCUT2D eigenvalue weighted by Gasteiger charge is -2.10. The van der Waals surface area contributed by atoms with Crippen molar-refractivity contribution < 1.29 is 4.79 Å². The molecule has 3 aromatic carbocycles. The van der Waals surface area contributed by atoms with Crippen LogP contribution in [0.25, 0.3) is 55.4 Å². The number of H-pyrrole nitrogens is 2. The van der Waals surface area contributed by atoms with Gasteiger partial charge in [-0.25, -0.2) is 0 Å². The van der Waals surface area contributed by atoms with E-state index in [0.29, 0.717) is 12.1 Å². The van der Waals surface area contributed by atoms with E-state index in [2.05, 4.69) is 68.7 Å². The summed E-state index contributed by atoms with van der Waals surface area (Å²) >= 11 is 0. The van der Waals surface area contributed by atoms with Gasteiger partial charge < -0.3 is 10.3 Å². The summed E-state index contributed by atoms with van der Waals surface area (Å²) in [6.07, 6.45) is 7.47. The Labute approximate surface area is 236 Å². The van der Waals surface area contributed by atoms with E-state index in [1.54, 1.807) is 12.4 Å². The van der Waals surface area contributed by atoms with E-state index in [9.17, 15) is 4.79 Å². The van der Waals surface area contributed by atoms with Gasteiger partial charge in [0.15, 0.2) is 0 Å². The summed E-state index contributed by atoms with van der Waals surface area (Å²) in [5, 5.41) is 13.0. The van der Waals surface area contributed by atoms with Crippen LogP contribution >= 0.6 is 0 Å². The number of anilines is 1. The minimum atomic E-state index is -0.0797. The Bertz CT molecular complexity index is 2030. The van der Waals surface area contributed by atoms with E-state index in [1.165, 1.54) is 0 Å². The van der Waals surface area contributed by atoms with Crippen molar-refractivity contribution in [1.29, 1.82) is 0 Å². The molecule has 0 unspecified atom stereocenters. The summed E-state index contributed by atoms with van der Waals surface area (Å²) in [6, 6.07) is 28.3. The van der Waals surface area contributed by atoms with Gasteiger partial charge in [-0.2, -0.15) is 5.10 Å². The number of rotatable bonds is 6. The Hall–Kier alpha value is -5.56. The van der Waals surface area contributed by atoms with Crippen molar-refractivity contribution in [3.05, 3.63) is 121 Å². The molecule has 7 rings (SSSR count). The standard InChI is InChI=1S/C34H26N6O/c1-21-13-31-29(16-27(21)24-15-25(20-36-19-24)37-33(41)14-22-7-3-2-4-8-22)34(40-39-31)32-17-28-26(10-5-11-30(28)38-32)23-9-6-12-35-18-23/h2-13,15-20,38H,14H2,1H3,(H,37,41)(H,39,40). The fourth-order valence-corrected chi connectivity index (χ4v) is 5.39. The zero-order valence-corrected chi connectivity index (χ0v) is 22.3. The normalized spacial score (nSPS) is 11.2.